The minimum atomic E-state index is -4.30. The molecule has 0 fully saturated rings. The van der Waals surface area contributed by atoms with Gasteiger partial charge in [-0.05, 0) is 24.3 Å². The van der Waals surface area contributed by atoms with E-state index in [4.69, 9.17) is 4.74 Å². The number of methoxy groups -OCH3 is 1. The summed E-state index contributed by atoms with van der Waals surface area (Å²) in [7, 11) is -1.52. The molecule has 182 valence electrons. The van der Waals surface area contributed by atoms with Gasteiger partial charge in [-0.1, -0.05) is 30.3 Å². The van der Waals surface area contributed by atoms with E-state index < -0.39 is 37.9 Å². The molecule has 0 atom stereocenters. The van der Waals surface area contributed by atoms with Crippen molar-refractivity contribution < 1.29 is 27.8 Å². The molecule has 1 heterocycles. The van der Waals surface area contributed by atoms with Crippen molar-refractivity contribution in [3.63, 3.8) is 0 Å². The summed E-state index contributed by atoms with van der Waals surface area (Å²) in [6.45, 7) is -0.0790. The molecule has 3 aromatic carbocycles. The van der Waals surface area contributed by atoms with Crippen molar-refractivity contribution >= 4 is 10.0 Å². The molecule has 0 unspecified atom stereocenters. The second-order valence-electron chi connectivity index (χ2n) is 7.55. The van der Waals surface area contributed by atoms with Crippen LogP contribution in [-0.4, -0.2) is 51.9 Å². The van der Waals surface area contributed by atoms with Crippen molar-refractivity contribution in [1.82, 2.24) is 19.1 Å². The number of rotatable bonds is 7. The first-order valence-corrected chi connectivity index (χ1v) is 11.7. The number of ether oxygens (including phenoxy) is 1. The van der Waals surface area contributed by atoms with Crippen LogP contribution in [0.2, 0.25) is 0 Å². The van der Waals surface area contributed by atoms with E-state index in [-0.39, 0.29) is 23.6 Å². The maximum absolute atomic E-state index is 14.4. The van der Waals surface area contributed by atoms with Gasteiger partial charge in [0.05, 0.1) is 18.4 Å². The largest absolute Gasteiger partial charge is 0.507 e. The number of benzene rings is 3. The Morgan fingerprint density at radius 3 is 2.49 bits per heavy atom. The molecule has 0 aliphatic carbocycles. The third-order valence-electron chi connectivity index (χ3n) is 5.36. The maximum atomic E-state index is 14.4. The van der Waals surface area contributed by atoms with Crippen LogP contribution < -0.4 is 10.4 Å². The number of halogens is 1. The SMILES string of the molecule is COc1ccccc1CN(C)S(=O)(=O)c1cc(-c2n[nH]c(=O)n2-c2ccccc2F)c(O)cc1O. The summed E-state index contributed by atoms with van der Waals surface area (Å²) in [6.07, 6.45) is 0. The average Bonchev–Trinajstić information content (AvgIpc) is 3.20. The maximum Gasteiger partial charge on any atom is 0.348 e. The third-order valence-corrected chi connectivity index (χ3v) is 7.19. The van der Waals surface area contributed by atoms with Gasteiger partial charge in [0.25, 0.3) is 0 Å². The van der Waals surface area contributed by atoms with Crippen LogP contribution in [0, 0.1) is 5.82 Å². The normalized spacial score (nSPS) is 11.7. The number of aromatic hydroxyl groups is 2. The molecule has 0 aliphatic rings. The lowest BCUT2D eigenvalue weighted by molar-refractivity contribution is 0.396. The van der Waals surface area contributed by atoms with Crippen LogP contribution in [-0.2, 0) is 16.6 Å². The van der Waals surface area contributed by atoms with Gasteiger partial charge in [0.1, 0.15) is 28.0 Å². The van der Waals surface area contributed by atoms with Gasteiger partial charge < -0.3 is 14.9 Å². The predicted octanol–water partition coefficient (Wildman–Crippen LogP) is 2.61. The van der Waals surface area contributed by atoms with Gasteiger partial charge >= 0.3 is 5.69 Å². The first kappa shape index (κ1) is 24.0. The lowest BCUT2D eigenvalue weighted by Crippen LogP contribution is -2.27. The van der Waals surface area contributed by atoms with Gasteiger partial charge in [0, 0.05) is 25.2 Å². The van der Waals surface area contributed by atoms with Crippen LogP contribution in [0.3, 0.4) is 0 Å². The van der Waals surface area contributed by atoms with Crippen molar-refractivity contribution in [1.29, 1.82) is 0 Å². The van der Waals surface area contributed by atoms with Gasteiger partial charge in [-0.2, -0.15) is 9.40 Å². The summed E-state index contributed by atoms with van der Waals surface area (Å²) in [5.74, 6) is -1.78. The molecule has 0 radical (unpaired) electrons. The lowest BCUT2D eigenvalue weighted by Gasteiger charge is -2.20. The van der Waals surface area contributed by atoms with Gasteiger partial charge in [0.15, 0.2) is 5.82 Å². The molecule has 35 heavy (non-hydrogen) atoms. The lowest BCUT2D eigenvalue weighted by atomic mass is 10.1. The summed E-state index contributed by atoms with van der Waals surface area (Å²) >= 11 is 0. The number of nitrogens with one attached hydrogen (secondary N) is 1. The predicted molar refractivity (Wildman–Crippen MR) is 125 cm³/mol. The smallest absolute Gasteiger partial charge is 0.348 e. The highest BCUT2D eigenvalue weighted by molar-refractivity contribution is 7.89. The zero-order valence-electron chi connectivity index (χ0n) is 18.6. The highest BCUT2D eigenvalue weighted by Crippen LogP contribution is 2.38. The van der Waals surface area contributed by atoms with Gasteiger partial charge in [-0.15, -0.1) is 0 Å². The summed E-state index contributed by atoms with van der Waals surface area (Å²) in [5, 5.41) is 26.9. The molecule has 12 heteroatoms. The number of para-hydroxylation sites is 2. The molecule has 0 amide bonds. The molecule has 1 aromatic heterocycles. The molecule has 4 rings (SSSR count). The van der Waals surface area contributed by atoms with E-state index in [1.807, 2.05) is 0 Å². The number of sulfonamides is 1. The number of nitrogens with zero attached hydrogens (tertiary/aromatic N) is 3. The number of H-pyrrole nitrogens is 1. The first-order chi connectivity index (χ1) is 16.6. The zero-order chi connectivity index (χ0) is 25.3. The fourth-order valence-corrected chi connectivity index (χ4v) is 4.84. The summed E-state index contributed by atoms with van der Waals surface area (Å²) in [5.41, 5.74) is -0.601. The van der Waals surface area contributed by atoms with E-state index in [1.165, 1.54) is 32.4 Å². The molecule has 0 spiro atoms. The standard InChI is InChI=1S/C23H21FN4O6S/c1-27(13-14-7-3-6-10-20(14)34-2)35(32,33)21-11-15(18(29)12-19(21)30)22-25-26-23(31)28(22)17-9-5-4-8-16(17)24/h3-12,29-30H,13H2,1-2H3,(H,26,31). The van der Waals surface area contributed by atoms with E-state index in [2.05, 4.69) is 10.2 Å². The Labute approximate surface area is 199 Å². The molecule has 0 saturated heterocycles. The molecular weight excluding hydrogens is 479 g/mol. The number of aromatic nitrogens is 3. The van der Waals surface area contributed by atoms with Crippen molar-refractivity contribution in [3.05, 3.63) is 82.5 Å². The quantitative estimate of drug-likeness (QED) is 0.355. The van der Waals surface area contributed by atoms with E-state index in [1.54, 1.807) is 24.3 Å². The topological polar surface area (TPSA) is 138 Å². The van der Waals surface area contributed by atoms with Crippen LogP contribution >= 0.6 is 0 Å². The molecule has 4 aromatic rings. The Morgan fingerprint density at radius 1 is 1.09 bits per heavy atom. The average molecular weight is 501 g/mol. The molecule has 0 aliphatic heterocycles. The van der Waals surface area contributed by atoms with Crippen molar-refractivity contribution in [2.45, 2.75) is 11.4 Å². The summed E-state index contributed by atoms with van der Waals surface area (Å²) < 4.78 is 48.2. The summed E-state index contributed by atoms with van der Waals surface area (Å²) in [4.78, 5) is 11.9. The third kappa shape index (κ3) is 4.36. The Morgan fingerprint density at radius 2 is 1.77 bits per heavy atom. The molecule has 0 saturated carbocycles. The van der Waals surface area contributed by atoms with Crippen LogP contribution in [0.4, 0.5) is 4.39 Å². The highest BCUT2D eigenvalue weighted by atomic mass is 32.2. The first-order valence-electron chi connectivity index (χ1n) is 10.2. The molecule has 0 bridgehead atoms. The molecule has 10 nitrogen and oxygen atoms in total. The molecular formula is C23H21FN4O6S. The van der Waals surface area contributed by atoms with Crippen molar-refractivity contribution in [3.8, 4) is 34.3 Å². The monoisotopic (exact) mass is 500 g/mol. The number of hydrogen-bond acceptors (Lipinski definition) is 7. The number of aromatic amines is 1. The number of phenols is 2. The van der Waals surface area contributed by atoms with Crippen LogP contribution in [0.1, 0.15) is 5.56 Å². The van der Waals surface area contributed by atoms with Crippen LogP contribution in [0.5, 0.6) is 17.2 Å². The fraction of sp³-hybridized carbons (Fsp3) is 0.130. The Hall–Kier alpha value is -4.16. The summed E-state index contributed by atoms with van der Waals surface area (Å²) in [6, 6.07) is 14.1. The Kier molecular flexibility index (Phi) is 6.33. The van der Waals surface area contributed by atoms with Crippen molar-refractivity contribution in [2.24, 2.45) is 0 Å². The van der Waals surface area contributed by atoms with E-state index in [0.29, 0.717) is 11.3 Å². The Balaban J connectivity index is 1.82. The Bertz CT molecular complexity index is 1560. The minimum absolute atomic E-state index is 0.0790. The van der Waals surface area contributed by atoms with E-state index in [9.17, 15) is 27.8 Å². The van der Waals surface area contributed by atoms with Gasteiger partial charge in [0.2, 0.25) is 10.0 Å². The number of hydrogen-bond donors (Lipinski definition) is 3. The van der Waals surface area contributed by atoms with E-state index >= 15 is 0 Å². The second-order valence-corrected chi connectivity index (χ2v) is 9.56. The van der Waals surface area contributed by atoms with Gasteiger partial charge in [-0.25, -0.2) is 27.3 Å². The zero-order valence-corrected chi connectivity index (χ0v) is 19.5. The van der Waals surface area contributed by atoms with Crippen molar-refractivity contribution in [2.75, 3.05) is 14.2 Å². The van der Waals surface area contributed by atoms with Gasteiger partial charge in [-0.3, -0.25) is 0 Å². The minimum Gasteiger partial charge on any atom is -0.507 e. The van der Waals surface area contributed by atoms with Crippen LogP contribution in [0.25, 0.3) is 17.1 Å². The second kappa shape index (κ2) is 9.24. The molecule has 3 N–H and O–H groups in total. The highest BCUT2D eigenvalue weighted by Gasteiger charge is 2.29. The number of phenolic OH excluding ortho intramolecular Hbond substituents is 2. The van der Waals surface area contributed by atoms with Crippen LogP contribution in [0.15, 0.2) is 70.4 Å². The fourth-order valence-electron chi connectivity index (χ4n) is 3.60. The van der Waals surface area contributed by atoms with E-state index in [0.717, 1.165) is 27.1 Å².